The maximum Gasteiger partial charge on any atom is 0.124 e. The highest BCUT2D eigenvalue weighted by molar-refractivity contribution is 5.96. The van der Waals surface area contributed by atoms with Crippen molar-refractivity contribution in [2.24, 2.45) is 0 Å². The molecule has 7 heteroatoms. The van der Waals surface area contributed by atoms with Crippen LogP contribution in [0.3, 0.4) is 0 Å². The van der Waals surface area contributed by atoms with Crippen molar-refractivity contribution in [3.8, 4) is 17.6 Å². The molecular formula is C24H24FN3O3. The van der Waals surface area contributed by atoms with Crippen LogP contribution in [0.2, 0.25) is 0 Å². The van der Waals surface area contributed by atoms with Crippen molar-refractivity contribution in [3.63, 3.8) is 0 Å². The molecule has 1 fully saturated rings. The monoisotopic (exact) mass is 421 g/mol. The quantitative estimate of drug-likeness (QED) is 0.685. The van der Waals surface area contributed by atoms with E-state index < -0.39 is 5.60 Å². The number of halogens is 1. The van der Waals surface area contributed by atoms with Crippen molar-refractivity contribution < 1.29 is 19.0 Å². The van der Waals surface area contributed by atoms with Crippen LogP contribution in [0.15, 0.2) is 36.5 Å². The number of aryl methyl sites for hydroxylation is 1. The summed E-state index contributed by atoms with van der Waals surface area (Å²) in [5, 5.41) is 21.7. The van der Waals surface area contributed by atoms with E-state index in [0.29, 0.717) is 59.6 Å². The highest BCUT2D eigenvalue weighted by atomic mass is 19.1. The molecule has 0 unspecified atom stereocenters. The van der Waals surface area contributed by atoms with Gasteiger partial charge in [-0.15, -0.1) is 0 Å². The van der Waals surface area contributed by atoms with Crippen molar-refractivity contribution >= 4 is 16.6 Å². The van der Waals surface area contributed by atoms with Gasteiger partial charge in [0.15, 0.2) is 0 Å². The smallest absolute Gasteiger partial charge is 0.124 e. The van der Waals surface area contributed by atoms with E-state index in [9.17, 15) is 14.8 Å². The van der Waals surface area contributed by atoms with E-state index in [-0.39, 0.29) is 5.82 Å². The molecule has 2 heterocycles. The molecule has 0 atom stereocenters. The van der Waals surface area contributed by atoms with Crippen LogP contribution >= 0.6 is 0 Å². The van der Waals surface area contributed by atoms with Crippen LogP contribution in [-0.2, 0) is 5.60 Å². The van der Waals surface area contributed by atoms with Gasteiger partial charge in [0.25, 0.3) is 0 Å². The first-order valence-electron chi connectivity index (χ1n) is 10.1. The van der Waals surface area contributed by atoms with Crippen molar-refractivity contribution in [2.45, 2.75) is 25.4 Å². The number of methoxy groups -OCH3 is 2. The van der Waals surface area contributed by atoms with E-state index in [1.165, 1.54) is 18.3 Å². The van der Waals surface area contributed by atoms with Gasteiger partial charge in [-0.1, -0.05) is 0 Å². The van der Waals surface area contributed by atoms with Crippen LogP contribution in [0.5, 0.6) is 11.5 Å². The van der Waals surface area contributed by atoms with Gasteiger partial charge in [0.05, 0.1) is 36.6 Å². The zero-order valence-corrected chi connectivity index (χ0v) is 17.8. The van der Waals surface area contributed by atoms with Gasteiger partial charge in [-0.25, -0.2) is 4.39 Å². The maximum absolute atomic E-state index is 14.2. The Morgan fingerprint density at radius 3 is 2.32 bits per heavy atom. The van der Waals surface area contributed by atoms with Crippen LogP contribution in [0.4, 0.5) is 10.1 Å². The zero-order valence-electron chi connectivity index (χ0n) is 17.8. The highest BCUT2D eigenvalue weighted by Crippen LogP contribution is 2.40. The predicted molar refractivity (Wildman–Crippen MR) is 116 cm³/mol. The lowest BCUT2D eigenvalue weighted by Crippen LogP contribution is -2.43. The number of hydrogen-bond acceptors (Lipinski definition) is 6. The minimum absolute atomic E-state index is 0.361. The van der Waals surface area contributed by atoms with Crippen LogP contribution in [-0.4, -0.2) is 37.4 Å². The summed E-state index contributed by atoms with van der Waals surface area (Å²) in [5.41, 5.74) is 2.12. The van der Waals surface area contributed by atoms with Crippen molar-refractivity contribution in [1.29, 1.82) is 5.26 Å². The number of hydrogen-bond donors (Lipinski definition) is 1. The lowest BCUT2D eigenvalue weighted by molar-refractivity contribution is 0.0114. The fraction of sp³-hybridized carbons (Fsp3) is 0.333. The number of pyridine rings is 1. The lowest BCUT2D eigenvalue weighted by Gasteiger charge is -2.40. The molecule has 1 aliphatic rings. The summed E-state index contributed by atoms with van der Waals surface area (Å²) in [6, 6.07) is 10.5. The molecule has 4 rings (SSSR count). The summed E-state index contributed by atoms with van der Waals surface area (Å²) in [5.74, 6) is 0.867. The molecule has 0 bridgehead atoms. The molecule has 31 heavy (non-hydrogen) atoms. The van der Waals surface area contributed by atoms with Crippen LogP contribution < -0.4 is 14.4 Å². The summed E-state index contributed by atoms with van der Waals surface area (Å²) in [6.45, 7) is 2.80. The molecule has 1 aromatic heterocycles. The minimum atomic E-state index is -1.06. The van der Waals surface area contributed by atoms with E-state index >= 15 is 0 Å². The first-order valence-corrected chi connectivity index (χ1v) is 10.1. The molecular weight excluding hydrogens is 397 g/mol. The van der Waals surface area contributed by atoms with Gasteiger partial charge in [-0.05, 0) is 55.2 Å². The highest BCUT2D eigenvalue weighted by Gasteiger charge is 2.36. The van der Waals surface area contributed by atoms with Gasteiger partial charge in [-0.3, -0.25) is 4.98 Å². The number of rotatable bonds is 4. The van der Waals surface area contributed by atoms with Gasteiger partial charge in [0.2, 0.25) is 0 Å². The Kier molecular flexibility index (Phi) is 5.42. The number of fused-ring (bicyclic) bond motifs is 1. The van der Waals surface area contributed by atoms with E-state index in [1.807, 2.05) is 17.0 Å². The third-order valence-corrected chi connectivity index (χ3v) is 6.01. The topological polar surface area (TPSA) is 78.6 Å². The number of nitriles is 1. The number of ether oxygens (including phenoxy) is 2. The number of aromatic nitrogens is 1. The Labute approximate surface area is 180 Å². The van der Waals surface area contributed by atoms with Gasteiger partial charge < -0.3 is 19.5 Å². The molecule has 0 radical (unpaired) electrons. The molecule has 1 aliphatic heterocycles. The molecule has 0 saturated carbocycles. The average molecular weight is 421 g/mol. The Morgan fingerprint density at radius 1 is 1.10 bits per heavy atom. The van der Waals surface area contributed by atoms with Gasteiger partial charge in [-0.2, -0.15) is 5.26 Å². The van der Waals surface area contributed by atoms with E-state index in [1.54, 1.807) is 27.2 Å². The second kappa shape index (κ2) is 8.05. The lowest BCUT2D eigenvalue weighted by atomic mass is 9.83. The first-order chi connectivity index (χ1) is 14.9. The normalized spacial score (nSPS) is 15.5. The first kappa shape index (κ1) is 20.9. The summed E-state index contributed by atoms with van der Waals surface area (Å²) < 4.78 is 24.9. The second-order valence-corrected chi connectivity index (χ2v) is 7.87. The number of benzene rings is 2. The Morgan fingerprint density at radius 2 is 1.74 bits per heavy atom. The molecule has 3 aromatic rings. The number of piperidine rings is 1. The molecule has 0 spiro atoms. The SMILES string of the molecule is COc1cc(OC)cc(C2(O)CCN(c3c(C#N)cnc4c(C)cc(F)cc34)CC2)c1. The number of anilines is 1. The zero-order chi connectivity index (χ0) is 22.2. The molecule has 1 saturated heterocycles. The molecule has 6 nitrogen and oxygen atoms in total. The van der Waals surface area contributed by atoms with E-state index in [2.05, 4.69) is 11.1 Å². The fourth-order valence-corrected chi connectivity index (χ4v) is 4.31. The van der Waals surface area contributed by atoms with Gasteiger partial charge in [0, 0.05) is 30.7 Å². The van der Waals surface area contributed by atoms with Gasteiger partial charge >= 0.3 is 0 Å². The molecule has 160 valence electrons. The summed E-state index contributed by atoms with van der Waals surface area (Å²) in [4.78, 5) is 6.40. The third kappa shape index (κ3) is 3.75. The third-order valence-electron chi connectivity index (χ3n) is 6.01. The second-order valence-electron chi connectivity index (χ2n) is 7.87. The van der Waals surface area contributed by atoms with Crippen LogP contribution in [0, 0.1) is 24.1 Å². The standard InChI is InChI=1S/C24H24FN3O3/c1-15-8-18(25)11-21-22(15)27-14-16(13-26)23(21)28-6-4-24(29,5-7-28)17-9-19(30-2)12-20(10-17)31-3/h8-12,14,29H,4-7H2,1-3H3. The van der Waals surface area contributed by atoms with Crippen molar-refractivity contribution in [2.75, 3.05) is 32.2 Å². The van der Waals surface area contributed by atoms with Gasteiger partial charge in [0.1, 0.15) is 23.4 Å². The van der Waals surface area contributed by atoms with Crippen molar-refractivity contribution in [3.05, 3.63) is 59.0 Å². The summed E-state index contributed by atoms with van der Waals surface area (Å²) >= 11 is 0. The molecule has 0 aliphatic carbocycles. The Balaban J connectivity index is 1.70. The molecule has 0 amide bonds. The maximum atomic E-state index is 14.2. The number of nitrogens with zero attached hydrogens (tertiary/aromatic N) is 3. The van der Waals surface area contributed by atoms with Crippen LogP contribution in [0.25, 0.3) is 10.9 Å². The average Bonchev–Trinajstić information content (AvgIpc) is 2.78. The Bertz CT molecular complexity index is 1160. The minimum Gasteiger partial charge on any atom is -0.497 e. The molecule has 1 N–H and O–H groups in total. The number of aliphatic hydroxyl groups is 1. The van der Waals surface area contributed by atoms with E-state index in [0.717, 1.165) is 11.1 Å². The fourth-order valence-electron chi connectivity index (χ4n) is 4.31. The Hall–Kier alpha value is -3.37. The summed E-state index contributed by atoms with van der Waals surface area (Å²) in [7, 11) is 3.15. The van der Waals surface area contributed by atoms with Crippen molar-refractivity contribution in [1.82, 2.24) is 4.98 Å². The van der Waals surface area contributed by atoms with Crippen LogP contribution in [0.1, 0.15) is 29.5 Å². The summed E-state index contributed by atoms with van der Waals surface area (Å²) in [6.07, 6.45) is 2.41. The largest absolute Gasteiger partial charge is 0.497 e. The van der Waals surface area contributed by atoms with E-state index in [4.69, 9.17) is 9.47 Å². The molecule has 2 aromatic carbocycles. The predicted octanol–water partition coefficient (Wildman–Crippen LogP) is 4.06.